The molecule has 1 heterocycles. The van der Waals surface area contributed by atoms with Crippen LogP contribution in [0.15, 0.2) is 45.0 Å². The van der Waals surface area contributed by atoms with E-state index < -0.39 is 5.69 Å². The lowest BCUT2D eigenvalue weighted by Crippen LogP contribution is -2.33. The van der Waals surface area contributed by atoms with Gasteiger partial charge in [0.1, 0.15) is 18.2 Å². The van der Waals surface area contributed by atoms with Gasteiger partial charge in [-0.25, -0.2) is 4.79 Å². The molecule has 0 unspecified atom stereocenters. The Morgan fingerprint density at radius 1 is 1.19 bits per heavy atom. The van der Waals surface area contributed by atoms with Crippen LogP contribution >= 0.6 is 0 Å². The molecule has 0 spiro atoms. The first-order chi connectivity index (χ1) is 12.9. The maximum atomic E-state index is 11.7. The summed E-state index contributed by atoms with van der Waals surface area (Å²) in [5.74, 6) is 1.14. The number of ether oxygens (including phenoxy) is 1. The summed E-state index contributed by atoms with van der Waals surface area (Å²) in [5.41, 5.74) is 0.0110. The molecule has 2 aromatic rings. The van der Waals surface area contributed by atoms with Gasteiger partial charge in [0, 0.05) is 26.7 Å². The van der Waals surface area contributed by atoms with Gasteiger partial charge >= 0.3 is 5.69 Å². The second-order valence-corrected chi connectivity index (χ2v) is 6.07. The topological polar surface area (TPSA) is 82.9 Å². The molecule has 0 fully saturated rings. The molecule has 1 aromatic carbocycles. The molecule has 0 aliphatic rings. The summed E-state index contributed by atoms with van der Waals surface area (Å²) in [5, 5.41) is 5.70. The molecule has 0 saturated heterocycles. The Morgan fingerprint density at radius 2 is 1.85 bits per heavy atom. The highest BCUT2D eigenvalue weighted by atomic mass is 16.5. The van der Waals surface area contributed by atoms with Crippen LogP contribution < -0.4 is 21.0 Å². The SMILES string of the molecule is CCN(CC)CCOc1ccc(/C=N/N(C)c2cc(=O)n(C)c(=O)[nH]2)cc1. The van der Waals surface area contributed by atoms with Crippen LogP contribution in [0.4, 0.5) is 5.82 Å². The van der Waals surface area contributed by atoms with E-state index in [4.69, 9.17) is 4.74 Å². The molecule has 0 saturated carbocycles. The zero-order valence-electron chi connectivity index (χ0n) is 16.3. The summed E-state index contributed by atoms with van der Waals surface area (Å²) in [6.07, 6.45) is 1.65. The van der Waals surface area contributed by atoms with Crippen LogP contribution in [-0.2, 0) is 7.05 Å². The number of hydrogen-bond acceptors (Lipinski definition) is 6. The number of nitrogens with one attached hydrogen (secondary N) is 1. The third-order valence-electron chi connectivity index (χ3n) is 4.31. The third kappa shape index (κ3) is 5.82. The van der Waals surface area contributed by atoms with E-state index in [2.05, 4.69) is 28.8 Å². The number of hydrogen-bond donors (Lipinski definition) is 1. The van der Waals surface area contributed by atoms with Crippen LogP contribution in [0, 0.1) is 0 Å². The molecular formula is C19H27N5O3. The molecule has 1 aromatic heterocycles. The lowest BCUT2D eigenvalue weighted by Gasteiger charge is -2.18. The molecule has 0 atom stereocenters. The Balaban J connectivity index is 1.95. The molecule has 0 aliphatic heterocycles. The second kappa shape index (κ2) is 9.72. The first kappa shape index (κ1) is 20.4. The van der Waals surface area contributed by atoms with Gasteiger partial charge in [0.25, 0.3) is 5.56 Å². The summed E-state index contributed by atoms with van der Waals surface area (Å²) in [6.45, 7) is 7.85. The minimum absolute atomic E-state index is 0.329. The lowest BCUT2D eigenvalue weighted by molar-refractivity contribution is 0.223. The van der Waals surface area contributed by atoms with Gasteiger partial charge in [-0.05, 0) is 42.9 Å². The number of hydrazone groups is 1. The predicted molar refractivity (Wildman–Crippen MR) is 108 cm³/mol. The Morgan fingerprint density at radius 3 is 2.44 bits per heavy atom. The number of rotatable bonds is 9. The Labute approximate surface area is 158 Å². The molecule has 0 aliphatic carbocycles. The quantitative estimate of drug-likeness (QED) is 0.529. The zero-order chi connectivity index (χ0) is 19.8. The standard InChI is InChI=1S/C19H27N5O3/c1-5-24(6-2)11-12-27-16-9-7-15(8-10-16)14-20-23(4)17-13-18(25)22(3)19(26)21-17/h7-10,13-14H,5-6,11-12H2,1-4H3,(H,21,26)/b20-14+. The van der Waals surface area contributed by atoms with E-state index in [-0.39, 0.29) is 5.56 Å². The minimum atomic E-state index is -0.481. The van der Waals surface area contributed by atoms with Crippen molar-refractivity contribution < 1.29 is 4.74 Å². The Hall–Kier alpha value is -2.87. The van der Waals surface area contributed by atoms with E-state index in [1.807, 2.05) is 24.3 Å². The van der Waals surface area contributed by atoms with Gasteiger partial charge < -0.3 is 9.64 Å². The average molecular weight is 373 g/mol. The summed E-state index contributed by atoms with van der Waals surface area (Å²) in [4.78, 5) is 28.2. The highest BCUT2D eigenvalue weighted by Gasteiger charge is 2.04. The van der Waals surface area contributed by atoms with Gasteiger partial charge in [-0.15, -0.1) is 0 Å². The van der Waals surface area contributed by atoms with Crippen molar-refractivity contribution in [3.05, 3.63) is 56.7 Å². The molecule has 8 nitrogen and oxygen atoms in total. The highest BCUT2D eigenvalue weighted by Crippen LogP contribution is 2.11. The van der Waals surface area contributed by atoms with Crippen molar-refractivity contribution in [2.24, 2.45) is 12.1 Å². The summed E-state index contributed by atoms with van der Waals surface area (Å²) < 4.78 is 6.75. The van der Waals surface area contributed by atoms with Gasteiger partial charge in [-0.2, -0.15) is 5.10 Å². The normalized spacial score (nSPS) is 11.3. The number of aromatic nitrogens is 2. The van der Waals surface area contributed by atoms with Gasteiger partial charge in [0.05, 0.1) is 6.21 Å². The van der Waals surface area contributed by atoms with Crippen LogP contribution in [0.1, 0.15) is 19.4 Å². The Kier molecular flexibility index (Phi) is 7.36. The molecule has 8 heteroatoms. The number of aromatic amines is 1. The smallest absolute Gasteiger partial charge is 0.329 e. The second-order valence-electron chi connectivity index (χ2n) is 6.07. The zero-order valence-corrected chi connectivity index (χ0v) is 16.3. The third-order valence-corrected chi connectivity index (χ3v) is 4.31. The molecular weight excluding hydrogens is 346 g/mol. The number of nitrogens with zero attached hydrogens (tertiary/aromatic N) is 4. The largest absolute Gasteiger partial charge is 0.492 e. The average Bonchev–Trinajstić information content (AvgIpc) is 2.68. The fourth-order valence-corrected chi connectivity index (χ4v) is 2.42. The minimum Gasteiger partial charge on any atom is -0.492 e. The van der Waals surface area contributed by atoms with E-state index in [0.717, 1.165) is 35.5 Å². The maximum Gasteiger partial charge on any atom is 0.329 e. The molecule has 0 bridgehead atoms. The van der Waals surface area contributed by atoms with E-state index >= 15 is 0 Å². The van der Waals surface area contributed by atoms with Crippen molar-refractivity contribution in [1.29, 1.82) is 0 Å². The van der Waals surface area contributed by atoms with E-state index in [9.17, 15) is 9.59 Å². The summed E-state index contributed by atoms with van der Waals surface area (Å²) in [7, 11) is 3.08. The molecule has 1 N–H and O–H groups in total. The van der Waals surface area contributed by atoms with Gasteiger partial charge in [0.2, 0.25) is 0 Å². The van der Waals surface area contributed by atoms with Crippen molar-refractivity contribution in [3.8, 4) is 5.75 Å². The molecule has 0 radical (unpaired) electrons. The van der Waals surface area contributed by atoms with Crippen LogP contribution in [0.2, 0.25) is 0 Å². The van der Waals surface area contributed by atoms with Crippen LogP contribution in [0.3, 0.4) is 0 Å². The lowest BCUT2D eigenvalue weighted by atomic mass is 10.2. The number of benzene rings is 1. The number of anilines is 1. The monoisotopic (exact) mass is 373 g/mol. The van der Waals surface area contributed by atoms with Gasteiger partial charge in [-0.1, -0.05) is 13.8 Å². The van der Waals surface area contributed by atoms with Gasteiger partial charge in [0.15, 0.2) is 0 Å². The van der Waals surface area contributed by atoms with E-state index in [1.165, 1.54) is 18.1 Å². The highest BCUT2D eigenvalue weighted by molar-refractivity contribution is 5.80. The fraction of sp³-hybridized carbons (Fsp3) is 0.421. The maximum absolute atomic E-state index is 11.7. The van der Waals surface area contributed by atoms with Crippen LogP contribution in [0.25, 0.3) is 0 Å². The number of likely N-dealkylation sites (N-methyl/N-ethyl adjacent to an activating group) is 1. The summed E-state index contributed by atoms with van der Waals surface area (Å²) in [6, 6.07) is 8.91. The van der Waals surface area contributed by atoms with Crippen LogP contribution in [-0.4, -0.2) is 54.0 Å². The van der Waals surface area contributed by atoms with Crippen molar-refractivity contribution in [3.63, 3.8) is 0 Å². The van der Waals surface area contributed by atoms with E-state index in [0.29, 0.717) is 12.4 Å². The first-order valence-electron chi connectivity index (χ1n) is 8.97. The van der Waals surface area contributed by atoms with Crippen molar-refractivity contribution in [2.45, 2.75) is 13.8 Å². The molecule has 27 heavy (non-hydrogen) atoms. The van der Waals surface area contributed by atoms with Crippen LogP contribution in [0.5, 0.6) is 5.75 Å². The summed E-state index contributed by atoms with van der Waals surface area (Å²) >= 11 is 0. The fourth-order valence-electron chi connectivity index (χ4n) is 2.42. The molecule has 2 rings (SSSR count). The van der Waals surface area contributed by atoms with Crippen molar-refractivity contribution in [1.82, 2.24) is 14.5 Å². The first-order valence-corrected chi connectivity index (χ1v) is 8.97. The van der Waals surface area contributed by atoms with E-state index in [1.54, 1.807) is 13.3 Å². The predicted octanol–water partition coefficient (Wildman–Crippen LogP) is 1.26. The van der Waals surface area contributed by atoms with Crippen molar-refractivity contribution in [2.75, 3.05) is 38.3 Å². The Bertz CT molecular complexity index is 835. The molecule has 146 valence electrons. The van der Waals surface area contributed by atoms with Gasteiger partial charge in [-0.3, -0.25) is 19.4 Å². The number of H-pyrrole nitrogens is 1. The molecule has 0 amide bonds. The van der Waals surface area contributed by atoms with Crippen molar-refractivity contribution >= 4 is 12.0 Å².